The van der Waals surface area contributed by atoms with Crippen LogP contribution in [0.25, 0.3) is 0 Å². The molecule has 0 N–H and O–H groups in total. The lowest BCUT2D eigenvalue weighted by Crippen LogP contribution is -2.35. The first-order valence-electron chi connectivity index (χ1n) is 10.7. The first kappa shape index (κ1) is 20.8. The third-order valence-electron chi connectivity index (χ3n) is 6.48. The van der Waals surface area contributed by atoms with Gasteiger partial charge in [-0.3, -0.25) is 19.3 Å². The van der Waals surface area contributed by atoms with Crippen molar-refractivity contribution in [3.63, 3.8) is 0 Å². The highest BCUT2D eigenvalue weighted by Crippen LogP contribution is 2.33. The summed E-state index contributed by atoms with van der Waals surface area (Å²) in [6.45, 7) is 1.50. The molecule has 0 bridgehead atoms. The molecule has 32 heavy (non-hydrogen) atoms. The summed E-state index contributed by atoms with van der Waals surface area (Å²) in [7, 11) is -2.13. The van der Waals surface area contributed by atoms with E-state index in [0.717, 1.165) is 29.7 Å². The number of fused-ring (bicyclic) bond motifs is 2. The molecule has 2 aromatic carbocycles. The van der Waals surface area contributed by atoms with Crippen LogP contribution in [-0.4, -0.2) is 62.0 Å². The van der Waals surface area contributed by atoms with Crippen LogP contribution in [0.4, 0.5) is 5.69 Å². The second-order valence-corrected chi connectivity index (χ2v) is 10.3. The third-order valence-corrected chi connectivity index (χ3v) is 8.38. The van der Waals surface area contributed by atoms with Crippen molar-refractivity contribution in [3.8, 4) is 0 Å². The number of rotatable bonds is 3. The van der Waals surface area contributed by atoms with Crippen LogP contribution in [0.2, 0.25) is 0 Å². The Bertz CT molecular complexity index is 1260. The molecule has 5 rings (SSSR count). The van der Waals surface area contributed by atoms with Crippen LogP contribution >= 0.6 is 0 Å². The predicted octanol–water partition coefficient (Wildman–Crippen LogP) is 2.29. The summed E-state index contributed by atoms with van der Waals surface area (Å²) in [6.07, 6.45) is 3.34. The fourth-order valence-electron chi connectivity index (χ4n) is 4.65. The lowest BCUT2D eigenvalue weighted by Gasteiger charge is -2.26. The molecule has 0 spiro atoms. The van der Waals surface area contributed by atoms with E-state index in [1.54, 1.807) is 29.2 Å². The van der Waals surface area contributed by atoms with Crippen molar-refractivity contribution in [1.29, 1.82) is 0 Å². The van der Waals surface area contributed by atoms with Crippen molar-refractivity contribution in [2.45, 2.75) is 30.6 Å². The van der Waals surface area contributed by atoms with Crippen LogP contribution in [0.3, 0.4) is 0 Å². The van der Waals surface area contributed by atoms with Crippen LogP contribution in [-0.2, 0) is 16.4 Å². The normalized spacial score (nSPS) is 18.8. The SMILES string of the molecule is CN1C(=O)c2ccc(C(=O)N3CCc4cc(S(=O)(=O)N5CCCCC5)ccc43)cc2C1=O. The van der Waals surface area contributed by atoms with E-state index in [-0.39, 0.29) is 22.3 Å². The van der Waals surface area contributed by atoms with Crippen molar-refractivity contribution in [2.75, 3.05) is 31.6 Å². The van der Waals surface area contributed by atoms with Gasteiger partial charge in [0.25, 0.3) is 17.7 Å². The van der Waals surface area contributed by atoms with E-state index in [9.17, 15) is 22.8 Å². The van der Waals surface area contributed by atoms with E-state index in [4.69, 9.17) is 0 Å². The number of amides is 3. The van der Waals surface area contributed by atoms with E-state index in [1.165, 1.54) is 23.5 Å². The van der Waals surface area contributed by atoms with Crippen molar-refractivity contribution in [2.24, 2.45) is 0 Å². The molecular formula is C23H23N3O5S. The highest BCUT2D eigenvalue weighted by Gasteiger charge is 2.35. The van der Waals surface area contributed by atoms with Crippen molar-refractivity contribution < 1.29 is 22.8 Å². The Balaban J connectivity index is 1.42. The van der Waals surface area contributed by atoms with E-state index in [1.807, 2.05) is 0 Å². The Morgan fingerprint density at radius 1 is 0.875 bits per heavy atom. The van der Waals surface area contributed by atoms with E-state index in [0.29, 0.717) is 42.9 Å². The second-order valence-electron chi connectivity index (χ2n) is 8.39. The highest BCUT2D eigenvalue weighted by molar-refractivity contribution is 7.89. The van der Waals surface area contributed by atoms with Gasteiger partial charge in [0.1, 0.15) is 0 Å². The molecule has 2 aromatic rings. The summed E-state index contributed by atoms with van der Waals surface area (Å²) in [5, 5.41) is 0. The Labute approximate surface area is 186 Å². The Morgan fingerprint density at radius 3 is 2.34 bits per heavy atom. The minimum Gasteiger partial charge on any atom is -0.308 e. The molecular weight excluding hydrogens is 430 g/mol. The number of carbonyl (C=O) groups is 3. The standard InChI is InChI=1S/C23H23N3O5S/c1-24-22(28)18-7-5-16(14-19(18)23(24)29)21(27)26-12-9-15-13-17(6-8-20(15)26)32(30,31)25-10-3-2-4-11-25/h5-8,13-14H,2-4,9-12H2,1H3. The molecule has 1 saturated heterocycles. The molecule has 3 aliphatic rings. The van der Waals surface area contributed by atoms with Gasteiger partial charge in [0, 0.05) is 37.9 Å². The molecule has 166 valence electrons. The fraction of sp³-hybridized carbons (Fsp3) is 0.348. The number of anilines is 1. The molecule has 3 amide bonds. The molecule has 0 unspecified atom stereocenters. The van der Waals surface area contributed by atoms with Crippen LogP contribution in [0.15, 0.2) is 41.3 Å². The maximum absolute atomic E-state index is 13.2. The predicted molar refractivity (Wildman–Crippen MR) is 117 cm³/mol. The molecule has 0 atom stereocenters. The number of carbonyl (C=O) groups excluding carboxylic acids is 3. The van der Waals surface area contributed by atoms with E-state index in [2.05, 4.69) is 0 Å². The topological polar surface area (TPSA) is 95.1 Å². The van der Waals surface area contributed by atoms with Gasteiger partial charge >= 0.3 is 0 Å². The third kappa shape index (κ3) is 3.15. The first-order valence-corrected chi connectivity index (χ1v) is 12.1. The van der Waals surface area contributed by atoms with Crippen LogP contribution < -0.4 is 4.90 Å². The number of benzene rings is 2. The summed E-state index contributed by atoms with van der Waals surface area (Å²) < 4.78 is 27.5. The summed E-state index contributed by atoms with van der Waals surface area (Å²) in [6, 6.07) is 9.46. The van der Waals surface area contributed by atoms with Crippen LogP contribution in [0.1, 0.15) is 55.9 Å². The molecule has 1 fully saturated rings. The lowest BCUT2D eigenvalue weighted by atomic mass is 10.0. The fourth-order valence-corrected chi connectivity index (χ4v) is 6.22. The van der Waals surface area contributed by atoms with Gasteiger partial charge < -0.3 is 4.90 Å². The van der Waals surface area contributed by atoms with Crippen molar-refractivity contribution >= 4 is 33.4 Å². The van der Waals surface area contributed by atoms with Crippen LogP contribution in [0, 0.1) is 0 Å². The molecule has 9 heteroatoms. The largest absolute Gasteiger partial charge is 0.308 e. The van der Waals surface area contributed by atoms with E-state index >= 15 is 0 Å². The Hall–Kier alpha value is -3.04. The number of nitrogens with zero attached hydrogens (tertiary/aromatic N) is 3. The minimum absolute atomic E-state index is 0.228. The average molecular weight is 454 g/mol. The van der Waals surface area contributed by atoms with Gasteiger partial charge in [0.05, 0.1) is 16.0 Å². The van der Waals surface area contributed by atoms with Gasteiger partial charge in [-0.2, -0.15) is 4.31 Å². The average Bonchev–Trinajstić information content (AvgIpc) is 3.33. The number of hydrogen-bond donors (Lipinski definition) is 0. The Morgan fingerprint density at radius 2 is 1.59 bits per heavy atom. The quantitative estimate of drug-likeness (QED) is 0.665. The van der Waals surface area contributed by atoms with Gasteiger partial charge in [-0.05, 0) is 61.2 Å². The number of sulfonamides is 1. The Kier molecular flexibility index (Phi) is 4.90. The molecule has 0 aliphatic carbocycles. The van der Waals surface area contributed by atoms with Crippen LogP contribution in [0.5, 0.6) is 0 Å². The number of piperidine rings is 1. The smallest absolute Gasteiger partial charge is 0.261 e. The van der Waals surface area contributed by atoms with Gasteiger partial charge in [0.15, 0.2) is 0 Å². The lowest BCUT2D eigenvalue weighted by molar-refractivity contribution is 0.0693. The van der Waals surface area contributed by atoms with Gasteiger partial charge in [0.2, 0.25) is 10.0 Å². The minimum atomic E-state index is -3.54. The molecule has 0 saturated carbocycles. The molecule has 0 aromatic heterocycles. The summed E-state index contributed by atoms with van der Waals surface area (Å²) in [5.41, 5.74) is 2.32. The molecule has 0 radical (unpaired) electrons. The summed E-state index contributed by atoms with van der Waals surface area (Å²) >= 11 is 0. The molecule has 3 heterocycles. The van der Waals surface area contributed by atoms with Gasteiger partial charge in [-0.25, -0.2) is 8.42 Å². The summed E-state index contributed by atoms with van der Waals surface area (Å²) in [5.74, 6) is -1.08. The maximum Gasteiger partial charge on any atom is 0.261 e. The molecule has 8 nitrogen and oxygen atoms in total. The monoisotopic (exact) mass is 453 g/mol. The zero-order valence-corrected chi connectivity index (χ0v) is 18.5. The van der Waals surface area contributed by atoms with Gasteiger partial charge in [-0.1, -0.05) is 6.42 Å². The van der Waals surface area contributed by atoms with Crippen molar-refractivity contribution in [1.82, 2.24) is 9.21 Å². The van der Waals surface area contributed by atoms with Gasteiger partial charge in [-0.15, -0.1) is 0 Å². The second kappa shape index (κ2) is 7.53. The highest BCUT2D eigenvalue weighted by atomic mass is 32.2. The number of hydrogen-bond acceptors (Lipinski definition) is 5. The van der Waals surface area contributed by atoms with Crippen molar-refractivity contribution in [3.05, 3.63) is 58.7 Å². The molecule has 3 aliphatic heterocycles. The zero-order valence-electron chi connectivity index (χ0n) is 17.7. The number of imide groups is 1. The van der Waals surface area contributed by atoms with E-state index < -0.39 is 15.9 Å². The first-order chi connectivity index (χ1) is 15.3. The zero-order chi connectivity index (χ0) is 22.6. The maximum atomic E-state index is 13.2. The summed E-state index contributed by atoms with van der Waals surface area (Å²) in [4.78, 5) is 40.5.